The fourth-order valence-corrected chi connectivity index (χ4v) is 3.58. The lowest BCUT2D eigenvalue weighted by Crippen LogP contribution is -2.22. The second kappa shape index (κ2) is 6.18. The average molecular weight is 298 g/mol. The van der Waals surface area contributed by atoms with E-state index in [0.717, 1.165) is 30.2 Å². The molecule has 2 aromatic rings. The topological polar surface area (TPSA) is 42.2 Å². The number of fused-ring (bicyclic) bond motifs is 1. The van der Waals surface area contributed by atoms with Crippen molar-refractivity contribution in [1.82, 2.24) is 9.88 Å². The zero-order chi connectivity index (χ0) is 12.5. The van der Waals surface area contributed by atoms with Crippen molar-refractivity contribution >= 4 is 34.0 Å². The van der Waals surface area contributed by atoms with Gasteiger partial charge >= 0.3 is 0 Å². The molecule has 2 N–H and O–H groups in total. The van der Waals surface area contributed by atoms with Crippen LogP contribution in [0.3, 0.4) is 0 Å². The number of halogens is 1. The molecule has 1 aliphatic rings. The molecule has 1 aliphatic heterocycles. The van der Waals surface area contributed by atoms with Crippen LogP contribution in [0.2, 0.25) is 0 Å². The quantitative estimate of drug-likeness (QED) is 0.947. The van der Waals surface area contributed by atoms with Crippen molar-refractivity contribution in [1.29, 1.82) is 0 Å². The number of likely N-dealkylation sites (tertiary alicyclic amines) is 1. The maximum Gasteiger partial charge on any atom is 0.0907 e. The Morgan fingerprint density at radius 1 is 1.47 bits per heavy atom. The number of rotatable bonds is 3. The molecule has 0 saturated carbocycles. The van der Waals surface area contributed by atoms with Crippen LogP contribution in [0.5, 0.6) is 0 Å². The molecule has 3 nitrogen and oxygen atoms in total. The maximum absolute atomic E-state index is 5.73. The number of hydrogen-bond acceptors (Lipinski definition) is 4. The van der Waals surface area contributed by atoms with E-state index in [1.165, 1.54) is 23.2 Å². The molecule has 0 amide bonds. The first kappa shape index (κ1) is 14.7. The minimum Gasteiger partial charge on any atom is -0.330 e. The van der Waals surface area contributed by atoms with Gasteiger partial charge in [0.1, 0.15) is 0 Å². The van der Waals surface area contributed by atoms with Crippen molar-refractivity contribution in [2.75, 3.05) is 19.6 Å². The van der Waals surface area contributed by atoms with E-state index in [-0.39, 0.29) is 12.4 Å². The van der Waals surface area contributed by atoms with Gasteiger partial charge in [0.2, 0.25) is 0 Å². The molecule has 1 atom stereocenters. The van der Waals surface area contributed by atoms with Crippen LogP contribution in [-0.4, -0.2) is 29.5 Å². The smallest absolute Gasteiger partial charge is 0.0907 e. The summed E-state index contributed by atoms with van der Waals surface area (Å²) in [5, 5.41) is 1.14. The predicted molar refractivity (Wildman–Crippen MR) is 84.0 cm³/mol. The van der Waals surface area contributed by atoms with Gasteiger partial charge in [-0.05, 0) is 50.0 Å². The van der Waals surface area contributed by atoms with Gasteiger partial charge in [-0.15, -0.1) is 23.7 Å². The Hall–Kier alpha value is -0.680. The van der Waals surface area contributed by atoms with E-state index in [1.807, 2.05) is 0 Å². The molecule has 1 fully saturated rings. The molecule has 3 rings (SSSR count). The van der Waals surface area contributed by atoms with Crippen LogP contribution >= 0.6 is 23.7 Å². The van der Waals surface area contributed by atoms with Crippen molar-refractivity contribution in [3.8, 4) is 0 Å². The minimum absolute atomic E-state index is 0. The summed E-state index contributed by atoms with van der Waals surface area (Å²) < 4.78 is 1.31. The molecule has 5 heteroatoms. The van der Waals surface area contributed by atoms with Gasteiger partial charge in [0, 0.05) is 13.1 Å². The SMILES string of the molecule is Cc1nc2ccc(CN3CCC(CN)C3)cc2s1.Cl. The van der Waals surface area contributed by atoms with Crippen molar-refractivity contribution in [2.24, 2.45) is 11.7 Å². The van der Waals surface area contributed by atoms with Gasteiger partial charge in [0.25, 0.3) is 0 Å². The van der Waals surface area contributed by atoms with Crippen LogP contribution < -0.4 is 5.73 Å². The number of aryl methyl sites for hydroxylation is 1. The fourth-order valence-electron chi connectivity index (χ4n) is 2.69. The highest BCUT2D eigenvalue weighted by atomic mass is 35.5. The zero-order valence-corrected chi connectivity index (χ0v) is 12.8. The van der Waals surface area contributed by atoms with Crippen LogP contribution in [0.4, 0.5) is 0 Å². The van der Waals surface area contributed by atoms with Crippen LogP contribution in [0, 0.1) is 12.8 Å². The van der Waals surface area contributed by atoms with Crippen molar-refractivity contribution in [3.05, 3.63) is 28.8 Å². The minimum atomic E-state index is 0. The normalized spacial score (nSPS) is 19.8. The van der Waals surface area contributed by atoms with Crippen molar-refractivity contribution in [2.45, 2.75) is 19.9 Å². The molecule has 1 aromatic carbocycles. The fraction of sp³-hybridized carbons (Fsp3) is 0.500. The maximum atomic E-state index is 5.73. The second-order valence-electron chi connectivity index (χ2n) is 5.16. The van der Waals surface area contributed by atoms with E-state index in [9.17, 15) is 0 Å². The first-order valence-electron chi connectivity index (χ1n) is 6.53. The monoisotopic (exact) mass is 297 g/mol. The Morgan fingerprint density at radius 2 is 2.32 bits per heavy atom. The third-order valence-electron chi connectivity index (χ3n) is 3.67. The van der Waals surface area contributed by atoms with Gasteiger partial charge in [0.05, 0.1) is 15.2 Å². The standard InChI is InChI=1S/C14H19N3S.ClH/c1-10-16-13-3-2-11(6-14(13)18-10)8-17-5-4-12(7-15)9-17;/h2-3,6,12H,4-5,7-9,15H2,1H3;1H. The summed E-state index contributed by atoms with van der Waals surface area (Å²) in [4.78, 5) is 7.01. The zero-order valence-electron chi connectivity index (χ0n) is 11.1. The summed E-state index contributed by atoms with van der Waals surface area (Å²) in [6, 6.07) is 6.64. The van der Waals surface area contributed by atoms with E-state index in [0.29, 0.717) is 5.92 Å². The molecule has 104 valence electrons. The predicted octanol–water partition coefficient (Wildman–Crippen LogP) is 2.81. The number of nitrogens with two attached hydrogens (primary N) is 1. The van der Waals surface area contributed by atoms with Crippen LogP contribution in [0.1, 0.15) is 17.0 Å². The van der Waals surface area contributed by atoms with E-state index >= 15 is 0 Å². The number of thiazole rings is 1. The van der Waals surface area contributed by atoms with Gasteiger partial charge in [0.15, 0.2) is 0 Å². The van der Waals surface area contributed by atoms with Gasteiger partial charge in [-0.2, -0.15) is 0 Å². The first-order chi connectivity index (χ1) is 8.74. The van der Waals surface area contributed by atoms with E-state index in [4.69, 9.17) is 5.73 Å². The highest BCUT2D eigenvalue weighted by Crippen LogP contribution is 2.24. The van der Waals surface area contributed by atoms with Crippen LogP contribution in [0.25, 0.3) is 10.2 Å². The Morgan fingerprint density at radius 3 is 3.05 bits per heavy atom. The summed E-state index contributed by atoms with van der Waals surface area (Å²) in [7, 11) is 0. The van der Waals surface area contributed by atoms with Crippen molar-refractivity contribution < 1.29 is 0 Å². The molecular weight excluding hydrogens is 278 g/mol. The van der Waals surface area contributed by atoms with Gasteiger partial charge in [-0.25, -0.2) is 4.98 Å². The molecule has 1 saturated heterocycles. The highest BCUT2D eigenvalue weighted by molar-refractivity contribution is 7.18. The first-order valence-corrected chi connectivity index (χ1v) is 7.35. The Balaban J connectivity index is 0.00000133. The average Bonchev–Trinajstić information content (AvgIpc) is 2.94. The number of benzene rings is 1. The molecule has 2 heterocycles. The Labute approximate surface area is 124 Å². The molecule has 0 spiro atoms. The van der Waals surface area contributed by atoms with Crippen LogP contribution in [0.15, 0.2) is 18.2 Å². The number of hydrogen-bond donors (Lipinski definition) is 1. The lowest BCUT2D eigenvalue weighted by atomic mass is 10.1. The third kappa shape index (κ3) is 3.26. The molecule has 0 aliphatic carbocycles. The largest absolute Gasteiger partial charge is 0.330 e. The summed E-state index contributed by atoms with van der Waals surface area (Å²) in [6.07, 6.45) is 1.25. The number of nitrogens with zero attached hydrogens (tertiary/aromatic N) is 2. The summed E-state index contributed by atoms with van der Waals surface area (Å²) in [5.74, 6) is 0.694. The van der Waals surface area contributed by atoms with E-state index < -0.39 is 0 Å². The third-order valence-corrected chi connectivity index (χ3v) is 4.60. The van der Waals surface area contributed by atoms with Crippen LogP contribution in [-0.2, 0) is 6.54 Å². The van der Waals surface area contributed by atoms with Gasteiger partial charge < -0.3 is 5.73 Å². The molecule has 1 unspecified atom stereocenters. The second-order valence-corrected chi connectivity index (χ2v) is 6.40. The Bertz CT molecular complexity index is 555. The lowest BCUT2D eigenvalue weighted by molar-refractivity contribution is 0.318. The lowest BCUT2D eigenvalue weighted by Gasteiger charge is -2.15. The van der Waals surface area contributed by atoms with E-state index in [2.05, 4.69) is 35.0 Å². The summed E-state index contributed by atoms with van der Waals surface area (Å²) in [6.45, 7) is 6.27. The van der Waals surface area contributed by atoms with Gasteiger partial charge in [-0.3, -0.25) is 4.90 Å². The molecule has 0 bridgehead atoms. The summed E-state index contributed by atoms with van der Waals surface area (Å²) >= 11 is 1.78. The highest BCUT2D eigenvalue weighted by Gasteiger charge is 2.21. The molecule has 19 heavy (non-hydrogen) atoms. The van der Waals surface area contributed by atoms with Gasteiger partial charge in [-0.1, -0.05) is 6.07 Å². The summed E-state index contributed by atoms with van der Waals surface area (Å²) in [5.41, 5.74) is 8.25. The molecule has 0 radical (unpaired) electrons. The van der Waals surface area contributed by atoms with E-state index in [1.54, 1.807) is 11.3 Å². The molecular formula is C14H20ClN3S. The Kier molecular flexibility index (Phi) is 4.79. The molecule has 1 aromatic heterocycles. The number of aromatic nitrogens is 1. The van der Waals surface area contributed by atoms with Crippen molar-refractivity contribution in [3.63, 3.8) is 0 Å².